The smallest absolute Gasteiger partial charge is 0.123 e. The lowest BCUT2D eigenvalue weighted by molar-refractivity contribution is -0.207. The van der Waals surface area contributed by atoms with Crippen molar-refractivity contribution < 1.29 is 9.47 Å². The zero-order valence-electron chi connectivity index (χ0n) is 17.4. The monoisotopic (exact) mass is 422 g/mol. The third-order valence-corrected chi connectivity index (χ3v) is 5.98. The zero-order valence-corrected chi connectivity index (χ0v) is 18.9. The highest BCUT2D eigenvalue weighted by Crippen LogP contribution is 2.47. The molecule has 0 fully saturated rings. The number of halogens is 2. The largest absolute Gasteiger partial charge is 0.367 e. The van der Waals surface area contributed by atoms with Gasteiger partial charge < -0.3 is 9.47 Å². The normalized spacial score (nSPS) is 15.8. The Morgan fingerprint density at radius 3 is 1.25 bits per heavy atom. The van der Waals surface area contributed by atoms with Crippen molar-refractivity contribution in [1.29, 1.82) is 0 Å². The molecule has 2 aromatic rings. The van der Waals surface area contributed by atoms with Crippen molar-refractivity contribution in [2.45, 2.75) is 64.6 Å². The Balaban J connectivity index is 2.55. The van der Waals surface area contributed by atoms with Gasteiger partial charge in [-0.05, 0) is 62.1 Å². The maximum atomic E-state index is 6.58. The quantitative estimate of drug-likeness (QED) is 0.344. The maximum absolute atomic E-state index is 6.58. The van der Waals surface area contributed by atoms with E-state index in [2.05, 4.69) is 27.7 Å². The summed E-state index contributed by atoms with van der Waals surface area (Å²) >= 11 is 12.3. The molecule has 0 bridgehead atoms. The molecule has 2 nitrogen and oxygen atoms in total. The highest BCUT2D eigenvalue weighted by atomic mass is 35.5. The standard InChI is InChI=1S/C24H32Cl2O2/c1-5-7-17-27-23(3,19-9-13-21(25)14-10-19)24(4,28-18-8-6-2)20-11-15-22(26)16-12-20/h9-16H,5-8,17-18H2,1-4H3. The summed E-state index contributed by atoms with van der Waals surface area (Å²) in [6, 6.07) is 15.8. The molecule has 28 heavy (non-hydrogen) atoms. The molecule has 0 aliphatic heterocycles. The molecule has 4 heteroatoms. The number of unbranched alkanes of at least 4 members (excludes halogenated alkanes) is 2. The number of rotatable bonds is 11. The van der Waals surface area contributed by atoms with Crippen molar-refractivity contribution in [3.8, 4) is 0 Å². The van der Waals surface area contributed by atoms with Crippen LogP contribution in [0.4, 0.5) is 0 Å². The Labute approximate surface area is 180 Å². The van der Waals surface area contributed by atoms with Gasteiger partial charge in [0.15, 0.2) is 0 Å². The van der Waals surface area contributed by atoms with Gasteiger partial charge in [0, 0.05) is 23.3 Å². The summed E-state index contributed by atoms with van der Waals surface area (Å²) in [4.78, 5) is 0. The fourth-order valence-electron chi connectivity index (χ4n) is 3.37. The lowest BCUT2D eigenvalue weighted by Crippen LogP contribution is -2.49. The summed E-state index contributed by atoms with van der Waals surface area (Å²) in [6.45, 7) is 9.89. The summed E-state index contributed by atoms with van der Waals surface area (Å²) < 4.78 is 13.2. The van der Waals surface area contributed by atoms with E-state index in [1.807, 2.05) is 48.5 Å². The van der Waals surface area contributed by atoms with Crippen molar-refractivity contribution in [2.75, 3.05) is 13.2 Å². The van der Waals surface area contributed by atoms with Crippen LogP contribution in [0.5, 0.6) is 0 Å². The maximum Gasteiger partial charge on any atom is 0.123 e. The molecule has 0 aliphatic rings. The highest BCUT2D eigenvalue weighted by Gasteiger charge is 2.49. The second-order valence-electron chi connectivity index (χ2n) is 7.48. The van der Waals surface area contributed by atoms with E-state index in [1.165, 1.54) is 0 Å². The van der Waals surface area contributed by atoms with Crippen LogP contribution in [0, 0.1) is 0 Å². The van der Waals surface area contributed by atoms with Gasteiger partial charge in [-0.1, -0.05) is 74.2 Å². The van der Waals surface area contributed by atoms with Crippen molar-refractivity contribution in [2.24, 2.45) is 0 Å². The van der Waals surface area contributed by atoms with E-state index >= 15 is 0 Å². The van der Waals surface area contributed by atoms with E-state index in [4.69, 9.17) is 32.7 Å². The average Bonchev–Trinajstić information content (AvgIpc) is 2.69. The van der Waals surface area contributed by atoms with E-state index in [9.17, 15) is 0 Å². The first kappa shape index (κ1) is 23.2. The van der Waals surface area contributed by atoms with Crippen LogP contribution < -0.4 is 0 Å². The number of hydrogen-bond acceptors (Lipinski definition) is 2. The minimum absolute atomic E-state index is 0.663. The molecule has 0 aromatic heterocycles. The molecule has 0 radical (unpaired) electrons. The lowest BCUT2D eigenvalue weighted by atomic mass is 9.75. The van der Waals surface area contributed by atoms with Crippen LogP contribution in [0.2, 0.25) is 10.0 Å². The van der Waals surface area contributed by atoms with E-state index in [-0.39, 0.29) is 0 Å². The topological polar surface area (TPSA) is 18.5 Å². The molecule has 2 rings (SSSR count). The molecule has 0 saturated carbocycles. The summed E-state index contributed by atoms with van der Waals surface area (Å²) in [5.74, 6) is 0. The van der Waals surface area contributed by atoms with Gasteiger partial charge in [0.05, 0.1) is 0 Å². The minimum atomic E-state index is -0.686. The third-order valence-electron chi connectivity index (χ3n) is 5.48. The predicted octanol–water partition coefficient (Wildman–Crippen LogP) is 7.76. The molecule has 0 heterocycles. The first-order valence-corrected chi connectivity index (χ1v) is 10.9. The zero-order chi connectivity index (χ0) is 20.6. The van der Waals surface area contributed by atoms with E-state index in [0.29, 0.717) is 23.3 Å². The molecule has 0 spiro atoms. The fraction of sp³-hybridized carbons (Fsp3) is 0.500. The Bertz CT molecular complexity index is 651. The summed E-state index contributed by atoms with van der Waals surface area (Å²) in [5, 5.41) is 1.42. The summed E-state index contributed by atoms with van der Waals surface area (Å²) in [5.41, 5.74) is 0.715. The molecule has 2 aromatic carbocycles. The first-order valence-electron chi connectivity index (χ1n) is 10.2. The van der Waals surface area contributed by atoms with Crippen LogP contribution in [0.1, 0.15) is 64.5 Å². The van der Waals surface area contributed by atoms with Crippen LogP contribution in [-0.2, 0) is 20.7 Å². The van der Waals surface area contributed by atoms with Gasteiger partial charge in [-0.2, -0.15) is 0 Å². The van der Waals surface area contributed by atoms with Crippen LogP contribution in [0.25, 0.3) is 0 Å². The SMILES string of the molecule is CCCCOC(C)(c1ccc(Cl)cc1)C(C)(OCCCC)c1ccc(Cl)cc1. The van der Waals surface area contributed by atoms with Crippen molar-refractivity contribution in [1.82, 2.24) is 0 Å². The molecular weight excluding hydrogens is 391 g/mol. The molecule has 0 aliphatic carbocycles. The molecule has 2 atom stereocenters. The lowest BCUT2D eigenvalue weighted by Gasteiger charge is -2.47. The second kappa shape index (κ2) is 10.6. The Morgan fingerprint density at radius 2 is 0.964 bits per heavy atom. The molecule has 0 amide bonds. The van der Waals surface area contributed by atoms with E-state index in [0.717, 1.165) is 36.8 Å². The van der Waals surface area contributed by atoms with Crippen molar-refractivity contribution >= 4 is 23.2 Å². The van der Waals surface area contributed by atoms with Crippen LogP contribution in [0.3, 0.4) is 0 Å². The second-order valence-corrected chi connectivity index (χ2v) is 8.36. The fourth-order valence-corrected chi connectivity index (χ4v) is 3.62. The number of hydrogen-bond donors (Lipinski definition) is 0. The molecule has 2 unspecified atom stereocenters. The van der Waals surface area contributed by atoms with Gasteiger partial charge in [0.1, 0.15) is 11.2 Å². The molecule has 0 N–H and O–H groups in total. The number of ether oxygens (including phenoxy) is 2. The summed E-state index contributed by atoms with van der Waals surface area (Å²) in [6.07, 6.45) is 4.14. The first-order chi connectivity index (χ1) is 13.4. The van der Waals surface area contributed by atoms with Crippen molar-refractivity contribution in [3.63, 3.8) is 0 Å². The van der Waals surface area contributed by atoms with Gasteiger partial charge in [-0.3, -0.25) is 0 Å². The third kappa shape index (κ3) is 5.30. The van der Waals surface area contributed by atoms with Gasteiger partial charge in [0.2, 0.25) is 0 Å². The highest BCUT2D eigenvalue weighted by molar-refractivity contribution is 6.30. The van der Waals surface area contributed by atoms with Gasteiger partial charge >= 0.3 is 0 Å². The molecule has 0 saturated heterocycles. The minimum Gasteiger partial charge on any atom is -0.367 e. The number of benzene rings is 2. The predicted molar refractivity (Wildman–Crippen MR) is 119 cm³/mol. The van der Waals surface area contributed by atoms with Gasteiger partial charge in [0.25, 0.3) is 0 Å². The summed E-state index contributed by atoms with van der Waals surface area (Å²) in [7, 11) is 0. The van der Waals surface area contributed by atoms with Crippen molar-refractivity contribution in [3.05, 3.63) is 69.7 Å². The van der Waals surface area contributed by atoms with E-state index < -0.39 is 11.2 Å². The average molecular weight is 423 g/mol. The molecular formula is C24H32Cl2O2. The van der Waals surface area contributed by atoms with E-state index in [1.54, 1.807) is 0 Å². The Hall–Kier alpha value is -1.06. The Morgan fingerprint density at radius 1 is 0.643 bits per heavy atom. The Kier molecular flexibility index (Phi) is 8.82. The van der Waals surface area contributed by atoms with Crippen LogP contribution in [0.15, 0.2) is 48.5 Å². The molecule has 154 valence electrons. The van der Waals surface area contributed by atoms with Gasteiger partial charge in [-0.15, -0.1) is 0 Å². The van der Waals surface area contributed by atoms with Gasteiger partial charge in [-0.25, -0.2) is 0 Å². The van der Waals surface area contributed by atoms with Crippen LogP contribution >= 0.6 is 23.2 Å². The van der Waals surface area contributed by atoms with Crippen LogP contribution in [-0.4, -0.2) is 13.2 Å².